The summed E-state index contributed by atoms with van der Waals surface area (Å²) < 4.78 is 6.27. The second kappa shape index (κ2) is 6.67. The minimum atomic E-state index is -0.507. The van der Waals surface area contributed by atoms with E-state index in [-0.39, 0.29) is 11.7 Å². The highest BCUT2D eigenvalue weighted by Crippen LogP contribution is 2.19. The molecular formula is C17H21BrN4O3. The summed E-state index contributed by atoms with van der Waals surface area (Å²) in [4.78, 5) is 35.4. The van der Waals surface area contributed by atoms with Gasteiger partial charge in [0, 0.05) is 30.7 Å². The van der Waals surface area contributed by atoms with Crippen molar-refractivity contribution in [2.24, 2.45) is 0 Å². The summed E-state index contributed by atoms with van der Waals surface area (Å²) in [6.07, 6.45) is -0.309. The van der Waals surface area contributed by atoms with Crippen molar-refractivity contribution in [3.8, 4) is 0 Å². The third-order valence-electron chi connectivity index (χ3n) is 3.89. The van der Waals surface area contributed by atoms with Crippen molar-refractivity contribution in [3.63, 3.8) is 0 Å². The van der Waals surface area contributed by atoms with Crippen LogP contribution in [0.1, 0.15) is 20.8 Å². The number of fused-ring (bicyclic) bond motifs is 1. The maximum absolute atomic E-state index is 12.3. The molecule has 0 spiro atoms. The van der Waals surface area contributed by atoms with Gasteiger partial charge in [0.25, 0.3) is 5.56 Å². The molecule has 3 rings (SSSR count). The molecule has 2 heterocycles. The first-order chi connectivity index (χ1) is 11.7. The molecule has 0 saturated carbocycles. The zero-order chi connectivity index (χ0) is 18.2. The lowest BCUT2D eigenvalue weighted by Crippen LogP contribution is -2.50. The highest BCUT2D eigenvalue weighted by Gasteiger charge is 2.26. The van der Waals surface area contributed by atoms with Gasteiger partial charge in [-0.3, -0.25) is 9.78 Å². The third kappa shape index (κ3) is 4.12. The van der Waals surface area contributed by atoms with Crippen LogP contribution in [-0.2, 0) is 4.74 Å². The first-order valence-corrected chi connectivity index (χ1v) is 8.95. The zero-order valence-electron chi connectivity index (χ0n) is 14.5. The fraction of sp³-hybridized carbons (Fsp3) is 0.471. The van der Waals surface area contributed by atoms with Crippen molar-refractivity contribution in [1.29, 1.82) is 0 Å². The number of hydrogen-bond acceptors (Lipinski definition) is 5. The smallest absolute Gasteiger partial charge is 0.410 e. The molecule has 1 saturated heterocycles. The molecule has 2 aromatic rings. The van der Waals surface area contributed by atoms with E-state index in [1.807, 2.05) is 37.8 Å². The fourth-order valence-corrected chi connectivity index (χ4v) is 3.03. The minimum absolute atomic E-state index is 0.165. The number of benzene rings is 1. The van der Waals surface area contributed by atoms with Crippen LogP contribution in [0.2, 0.25) is 0 Å². The summed E-state index contributed by atoms with van der Waals surface area (Å²) in [5.41, 5.74) is -0.0306. The Bertz CT molecular complexity index is 851. The molecule has 1 amide bonds. The van der Waals surface area contributed by atoms with Gasteiger partial charge in [0.05, 0.1) is 10.9 Å². The van der Waals surface area contributed by atoms with Crippen molar-refractivity contribution < 1.29 is 9.53 Å². The van der Waals surface area contributed by atoms with Crippen LogP contribution < -0.4 is 10.5 Å². The van der Waals surface area contributed by atoms with E-state index in [2.05, 4.69) is 25.9 Å². The summed E-state index contributed by atoms with van der Waals surface area (Å²) in [7, 11) is 0. The lowest BCUT2D eigenvalue weighted by atomic mass is 10.2. The molecule has 0 unspecified atom stereocenters. The number of nitrogens with zero attached hydrogens (tertiary/aromatic N) is 3. The Balaban J connectivity index is 1.74. The van der Waals surface area contributed by atoms with Crippen LogP contribution >= 0.6 is 15.9 Å². The predicted octanol–water partition coefficient (Wildman–Crippen LogP) is 2.74. The molecule has 8 heteroatoms. The van der Waals surface area contributed by atoms with E-state index in [4.69, 9.17) is 4.74 Å². The molecule has 0 aliphatic carbocycles. The number of carbonyl (C=O) groups is 1. The maximum Gasteiger partial charge on any atom is 0.410 e. The standard InChI is InChI=1S/C17H21BrN4O3/c1-17(2,3)25-16(24)22-8-6-21(7-9-22)15-19-13-10-11(18)4-5-12(13)14(23)20-15/h4-5,10H,6-9H2,1-3H3,(H,19,20,23). The third-order valence-corrected chi connectivity index (χ3v) is 4.38. The molecule has 0 bridgehead atoms. The van der Waals surface area contributed by atoms with E-state index in [0.29, 0.717) is 43.0 Å². The lowest BCUT2D eigenvalue weighted by molar-refractivity contribution is 0.0240. The first kappa shape index (κ1) is 17.7. The fourth-order valence-electron chi connectivity index (χ4n) is 2.68. The zero-order valence-corrected chi connectivity index (χ0v) is 16.1. The summed E-state index contributed by atoms with van der Waals surface area (Å²) >= 11 is 3.40. The molecule has 1 aliphatic rings. The Labute approximate surface area is 154 Å². The van der Waals surface area contributed by atoms with Gasteiger partial charge in [0.2, 0.25) is 5.95 Å². The van der Waals surface area contributed by atoms with Crippen LogP contribution in [-0.4, -0.2) is 52.7 Å². The van der Waals surface area contributed by atoms with E-state index in [0.717, 1.165) is 4.47 Å². The average Bonchev–Trinajstić information content (AvgIpc) is 2.53. The van der Waals surface area contributed by atoms with Gasteiger partial charge in [-0.05, 0) is 39.0 Å². The minimum Gasteiger partial charge on any atom is -0.444 e. The number of H-pyrrole nitrogens is 1. The van der Waals surface area contributed by atoms with Gasteiger partial charge in [-0.15, -0.1) is 0 Å². The van der Waals surface area contributed by atoms with Gasteiger partial charge >= 0.3 is 6.09 Å². The summed E-state index contributed by atoms with van der Waals surface area (Å²) in [6.45, 7) is 7.77. The normalized spacial score (nSPS) is 15.5. The Morgan fingerprint density at radius 1 is 1.24 bits per heavy atom. The number of hydrogen-bond donors (Lipinski definition) is 1. The summed E-state index contributed by atoms with van der Waals surface area (Å²) in [5, 5.41) is 0.555. The van der Waals surface area contributed by atoms with Gasteiger partial charge < -0.3 is 14.5 Å². The quantitative estimate of drug-likeness (QED) is 0.784. The van der Waals surface area contributed by atoms with E-state index in [1.165, 1.54) is 0 Å². The van der Waals surface area contributed by atoms with Crippen LogP contribution in [0.3, 0.4) is 0 Å². The number of carbonyl (C=O) groups excluding carboxylic acids is 1. The number of piperazine rings is 1. The van der Waals surface area contributed by atoms with Crippen molar-refractivity contribution in [1.82, 2.24) is 14.9 Å². The highest BCUT2D eigenvalue weighted by atomic mass is 79.9. The Morgan fingerprint density at radius 3 is 2.56 bits per heavy atom. The SMILES string of the molecule is CC(C)(C)OC(=O)N1CCN(c2nc3cc(Br)ccc3c(=O)[nH]2)CC1. The molecule has 134 valence electrons. The van der Waals surface area contributed by atoms with E-state index < -0.39 is 5.60 Å². The van der Waals surface area contributed by atoms with Gasteiger partial charge in [-0.25, -0.2) is 9.78 Å². The van der Waals surface area contributed by atoms with Gasteiger partial charge in [-0.1, -0.05) is 15.9 Å². The number of aromatic nitrogens is 2. The number of nitrogens with one attached hydrogen (secondary N) is 1. The first-order valence-electron chi connectivity index (χ1n) is 8.15. The van der Waals surface area contributed by atoms with E-state index >= 15 is 0 Å². The number of halogens is 1. The Morgan fingerprint density at radius 2 is 1.92 bits per heavy atom. The molecule has 0 radical (unpaired) electrons. The lowest BCUT2D eigenvalue weighted by Gasteiger charge is -2.35. The second-order valence-electron chi connectivity index (χ2n) is 7.01. The van der Waals surface area contributed by atoms with Crippen LogP contribution in [0.4, 0.5) is 10.7 Å². The molecule has 1 aromatic carbocycles. The van der Waals surface area contributed by atoms with Crippen LogP contribution in [0.25, 0.3) is 10.9 Å². The van der Waals surface area contributed by atoms with Crippen molar-refractivity contribution >= 4 is 38.9 Å². The highest BCUT2D eigenvalue weighted by molar-refractivity contribution is 9.10. The van der Waals surface area contributed by atoms with E-state index in [1.54, 1.807) is 11.0 Å². The van der Waals surface area contributed by atoms with Crippen molar-refractivity contribution in [3.05, 3.63) is 33.0 Å². The molecule has 7 nitrogen and oxygen atoms in total. The molecule has 1 N–H and O–H groups in total. The topological polar surface area (TPSA) is 78.5 Å². The Hall–Kier alpha value is -2.09. The number of aromatic amines is 1. The molecule has 1 fully saturated rings. The molecule has 1 aliphatic heterocycles. The van der Waals surface area contributed by atoms with Gasteiger partial charge in [-0.2, -0.15) is 0 Å². The van der Waals surface area contributed by atoms with Crippen LogP contribution in [0.15, 0.2) is 27.5 Å². The second-order valence-corrected chi connectivity index (χ2v) is 7.92. The molecular weight excluding hydrogens is 388 g/mol. The van der Waals surface area contributed by atoms with Crippen LogP contribution in [0, 0.1) is 0 Å². The molecule has 25 heavy (non-hydrogen) atoms. The van der Waals surface area contributed by atoms with Gasteiger partial charge in [0.15, 0.2) is 0 Å². The van der Waals surface area contributed by atoms with Crippen molar-refractivity contribution in [2.75, 3.05) is 31.1 Å². The summed E-state index contributed by atoms with van der Waals surface area (Å²) in [6, 6.07) is 5.39. The van der Waals surface area contributed by atoms with E-state index in [9.17, 15) is 9.59 Å². The Kier molecular flexibility index (Phi) is 4.73. The summed E-state index contributed by atoms with van der Waals surface area (Å²) in [5.74, 6) is 0.527. The molecule has 1 aromatic heterocycles. The van der Waals surface area contributed by atoms with Crippen LogP contribution in [0.5, 0.6) is 0 Å². The number of amides is 1. The number of ether oxygens (including phenoxy) is 1. The molecule has 0 atom stereocenters. The van der Waals surface area contributed by atoms with Crippen molar-refractivity contribution in [2.45, 2.75) is 26.4 Å². The average molecular weight is 409 g/mol. The monoisotopic (exact) mass is 408 g/mol. The largest absolute Gasteiger partial charge is 0.444 e. The maximum atomic E-state index is 12.3. The number of anilines is 1. The number of rotatable bonds is 1. The van der Waals surface area contributed by atoms with Gasteiger partial charge in [0.1, 0.15) is 5.60 Å². The predicted molar refractivity (Wildman–Crippen MR) is 100 cm³/mol.